The summed E-state index contributed by atoms with van der Waals surface area (Å²) in [6, 6.07) is 8.03. The molecule has 1 aliphatic heterocycles. The van der Waals surface area contributed by atoms with Gasteiger partial charge in [0.2, 0.25) is 17.6 Å². The predicted octanol–water partition coefficient (Wildman–Crippen LogP) is 2.23. The van der Waals surface area contributed by atoms with Gasteiger partial charge < -0.3 is 9.42 Å². The van der Waals surface area contributed by atoms with Crippen molar-refractivity contribution in [2.75, 3.05) is 26.2 Å². The number of hydrogen-bond acceptors (Lipinski definition) is 6. The number of aryl methyl sites for hydroxylation is 2. The van der Waals surface area contributed by atoms with Crippen LogP contribution in [0.3, 0.4) is 0 Å². The van der Waals surface area contributed by atoms with Crippen LogP contribution in [0, 0.1) is 12.8 Å². The van der Waals surface area contributed by atoms with E-state index < -0.39 is 0 Å². The van der Waals surface area contributed by atoms with Crippen LogP contribution in [0.1, 0.15) is 29.4 Å². The Morgan fingerprint density at radius 1 is 1.20 bits per heavy atom. The van der Waals surface area contributed by atoms with Crippen molar-refractivity contribution in [3.8, 4) is 11.4 Å². The standard InChI is InChI=1S/C22H26N6O2/c1-15-5-3-4-6-17(15)21-24-20(30-25-21)14-27-7-9-28(10-8-27)22(29)19-11-18(19)16-12-23-26(2)13-16/h3-6,12-13,18-19H,7-11,14H2,1-2H3. The zero-order chi connectivity index (χ0) is 20.7. The van der Waals surface area contributed by atoms with E-state index in [1.807, 2.05) is 55.5 Å². The van der Waals surface area contributed by atoms with E-state index in [1.165, 1.54) is 5.56 Å². The monoisotopic (exact) mass is 406 g/mol. The molecule has 1 saturated carbocycles. The van der Waals surface area contributed by atoms with Crippen molar-refractivity contribution in [2.45, 2.75) is 25.8 Å². The Morgan fingerprint density at radius 3 is 2.73 bits per heavy atom. The van der Waals surface area contributed by atoms with E-state index >= 15 is 0 Å². The van der Waals surface area contributed by atoms with Crippen LogP contribution >= 0.6 is 0 Å². The molecule has 30 heavy (non-hydrogen) atoms. The summed E-state index contributed by atoms with van der Waals surface area (Å²) < 4.78 is 7.27. The van der Waals surface area contributed by atoms with Crippen LogP contribution in [0.2, 0.25) is 0 Å². The molecule has 1 amide bonds. The molecule has 2 fully saturated rings. The highest BCUT2D eigenvalue weighted by Crippen LogP contribution is 2.48. The van der Waals surface area contributed by atoms with Crippen LogP contribution < -0.4 is 0 Å². The molecule has 1 saturated heterocycles. The summed E-state index contributed by atoms with van der Waals surface area (Å²) in [5.41, 5.74) is 3.30. The van der Waals surface area contributed by atoms with E-state index in [4.69, 9.17) is 4.52 Å². The lowest BCUT2D eigenvalue weighted by Gasteiger charge is -2.34. The highest BCUT2D eigenvalue weighted by molar-refractivity contribution is 5.83. The molecule has 1 aromatic carbocycles. The molecule has 1 aliphatic carbocycles. The number of carbonyl (C=O) groups excluding carboxylic acids is 1. The van der Waals surface area contributed by atoms with Crippen LogP contribution in [0.25, 0.3) is 11.4 Å². The molecular formula is C22H26N6O2. The fraction of sp³-hybridized carbons (Fsp3) is 0.455. The van der Waals surface area contributed by atoms with Crippen LogP contribution in [-0.4, -0.2) is 61.8 Å². The number of carbonyl (C=O) groups is 1. The largest absolute Gasteiger partial charge is 0.340 e. The Labute approximate surface area is 175 Å². The van der Waals surface area contributed by atoms with E-state index in [-0.39, 0.29) is 11.8 Å². The maximum absolute atomic E-state index is 12.8. The van der Waals surface area contributed by atoms with Gasteiger partial charge in [-0.1, -0.05) is 29.4 Å². The smallest absolute Gasteiger partial charge is 0.241 e. The molecule has 8 nitrogen and oxygen atoms in total. The number of benzene rings is 1. The lowest BCUT2D eigenvalue weighted by Crippen LogP contribution is -2.48. The summed E-state index contributed by atoms with van der Waals surface area (Å²) in [6.45, 7) is 5.78. The van der Waals surface area contributed by atoms with Gasteiger partial charge in [-0.25, -0.2) is 0 Å². The quantitative estimate of drug-likeness (QED) is 0.646. The summed E-state index contributed by atoms with van der Waals surface area (Å²) in [7, 11) is 1.91. The van der Waals surface area contributed by atoms with Gasteiger partial charge in [0.25, 0.3) is 0 Å². The molecule has 2 atom stereocenters. The molecule has 3 aromatic rings. The zero-order valence-corrected chi connectivity index (χ0v) is 17.4. The molecule has 0 spiro atoms. The van der Waals surface area contributed by atoms with Crippen molar-refractivity contribution >= 4 is 5.91 Å². The van der Waals surface area contributed by atoms with E-state index in [9.17, 15) is 4.79 Å². The highest BCUT2D eigenvalue weighted by Gasteiger charge is 2.46. The number of rotatable bonds is 5. The van der Waals surface area contributed by atoms with Crippen molar-refractivity contribution in [1.29, 1.82) is 0 Å². The predicted molar refractivity (Wildman–Crippen MR) is 110 cm³/mol. The normalized spacial score (nSPS) is 21.7. The van der Waals surface area contributed by atoms with Gasteiger partial charge in [0.15, 0.2) is 0 Å². The van der Waals surface area contributed by atoms with Crippen LogP contribution in [0.15, 0.2) is 41.2 Å². The number of hydrogen-bond donors (Lipinski definition) is 0. The van der Waals surface area contributed by atoms with Crippen molar-refractivity contribution in [3.05, 3.63) is 53.7 Å². The lowest BCUT2D eigenvalue weighted by atomic mass is 10.1. The molecule has 2 unspecified atom stereocenters. The fourth-order valence-corrected chi connectivity index (χ4v) is 4.27. The summed E-state index contributed by atoms with van der Waals surface area (Å²) >= 11 is 0. The molecule has 2 aliphatic rings. The van der Waals surface area contributed by atoms with Crippen molar-refractivity contribution in [2.24, 2.45) is 13.0 Å². The second-order valence-electron chi connectivity index (χ2n) is 8.32. The molecule has 0 radical (unpaired) electrons. The van der Waals surface area contributed by atoms with E-state index in [1.54, 1.807) is 4.68 Å². The second-order valence-corrected chi connectivity index (χ2v) is 8.32. The average molecular weight is 406 g/mol. The first-order valence-corrected chi connectivity index (χ1v) is 10.5. The summed E-state index contributed by atoms with van der Waals surface area (Å²) in [5, 5.41) is 8.37. The van der Waals surface area contributed by atoms with Crippen LogP contribution in [0.4, 0.5) is 0 Å². The van der Waals surface area contributed by atoms with Gasteiger partial charge in [-0.05, 0) is 30.4 Å². The Kier molecular flexibility index (Phi) is 4.86. The molecule has 8 heteroatoms. The Morgan fingerprint density at radius 2 is 2.00 bits per heavy atom. The third-order valence-electron chi connectivity index (χ3n) is 6.16. The maximum Gasteiger partial charge on any atom is 0.241 e. The number of nitrogens with zero attached hydrogens (tertiary/aromatic N) is 6. The van der Waals surface area contributed by atoms with Gasteiger partial charge in [0.05, 0.1) is 12.7 Å². The molecule has 3 heterocycles. The summed E-state index contributed by atoms with van der Waals surface area (Å²) in [4.78, 5) is 21.7. The molecule has 5 rings (SSSR count). The van der Waals surface area contributed by atoms with E-state index in [0.29, 0.717) is 24.2 Å². The minimum absolute atomic E-state index is 0.119. The SMILES string of the molecule is Cc1ccccc1-c1noc(CN2CCN(C(=O)C3CC3c3cnn(C)c3)CC2)n1. The molecule has 2 aromatic heterocycles. The zero-order valence-electron chi connectivity index (χ0n) is 17.4. The summed E-state index contributed by atoms with van der Waals surface area (Å²) in [5.74, 6) is 1.98. The van der Waals surface area contributed by atoms with E-state index in [2.05, 4.69) is 20.1 Å². The van der Waals surface area contributed by atoms with Gasteiger partial charge in [0.1, 0.15) is 0 Å². The Balaban J connectivity index is 1.14. The highest BCUT2D eigenvalue weighted by atomic mass is 16.5. The van der Waals surface area contributed by atoms with E-state index in [0.717, 1.165) is 43.7 Å². The van der Waals surface area contributed by atoms with Crippen molar-refractivity contribution in [3.63, 3.8) is 0 Å². The minimum atomic E-state index is 0.119. The first kappa shape index (κ1) is 19.0. The van der Waals surface area contributed by atoms with Crippen molar-refractivity contribution < 1.29 is 9.32 Å². The number of piperazine rings is 1. The molecule has 0 bridgehead atoms. The van der Waals surface area contributed by atoms with Crippen LogP contribution in [-0.2, 0) is 18.4 Å². The topological polar surface area (TPSA) is 80.3 Å². The fourth-order valence-electron chi connectivity index (χ4n) is 4.27. The lowest BCUT2D eigenvalue weighted by molar-refractivity contribution is -0.134. The average Bonchev–Trinajstić information content (AvgIpc) is 3.22. The summed E-state index contributed by atoms with van der Waals surface area (Å²) in [6.07, 6.45) is 4.84. The Bertz CT molecular complexity index is 1050. The molecular weight excluding hydrogens is 380 g/mol. The van der Waals surface area contributed by atoms with Gasteiger partial charge in [0, 0.05) is 50.9 Å². The van der Waals surface area contributed by atoms with Gasteiger partial charge in [-0.15, -0.1) is 0 Å². The maximum atomic E-state index is 12.8. The minimum Gasteiger partial charge on any atom is -0.340 e. The number of amides is 1. The Hall–Kier alpha value is -3.00. The van der Waals surface area contributed by atoms with Gasteiger partial charge >= 0.3 is 0 Å². The number of aromatic nitrogens is 4. The second kappa shape index (κ2) is 7.68. The molecule has 156 valence electrons. The van der Waals surface area contributed by atoms with Gasteiger partial charge in [-0.2, -0.15) is 10.1 Å². The third-order valence-corrected chi connectivity index (χ3v) is 6.16. The van der Waals surface area contributed by atoms with Crippen LogP contribution in [0.5, 0.6) is 0 Å². The van der Waals surface area contributed by atoms with Crippen molar-refractivity contribution in [1.82, 2.24) is 29.7 Å². The van der Waals surface area contributed by atoms with Gasteiger partial charge in [-0.3, -0.25) is 14.4 Å². The first-order chi connectivity index (χ1) is 14.6. The first-order valence-electron chi connectivity index (χ1n) is 10.5. The third kappa shape index (κ3) is 3.75. The molecule has 0 N–H and O–H groups in total.